The van der Waals surface area contributed by atoms with Crippen LogP contribution >= 0.6 is 11.6 Å². The zero-order valence-corrected chi connectivity index (χ0v) is 23.5. The first-order chi connectivity index (χ1) is 19.5. The van der Waals surface area contributed by atoms with Gasteiger partial charge in [0.15, 0.2) is 11.5 Å². The van der Waals surface area contributed by atoms with Crippen molar-refractivity contribution in [2.75, 3.05) is 5.32 Å². The maximum Gasteiger partial charge on any atom is 0.315 e. The number of aromatic nitrogens is 5. The second-order valence-corrected chi connectivity index (χ2v) is 11.1. The minimum atomic E-state index is -0.710. The molecule has 3 heterocycles. The number of halogens is 2. The minimum absolute atomic E-state index is 0.0695. The monoisotopic (exact) mass is 575 g/mol. The summed E-state index contributed by atoms with van der Waals surface area (Å²) in [6.45, 7) is 7.22. The number of alkyl halides is 1. The van der Waals surface area contributed by atoms with Crippen LogP contribution in [0.4, 0.5) is 10.1 Å². The molecule has 2 amide bonds. The number of H-pyrrole nitrogens is 1. The minimum Gasteiger partial charge on any atom is -0.344 e. The predicted molar refractivity (Wildman–Crippen MR) is 153 cm³/mol. The van der Waals surface area contributed by atoms with Gasteiger partial charge in [-0.25, -0.2) is 14.4 Å². The van der Waals surface area contributed by atoms with Crippen molar-refractivity contribution in [1.29, 1.82) is 0 Å². The second kappa shape index (κ2) is 11.1. The van der Waals surface area contributed by atoms with Gasteiger partial charge in [0.2, 0.25) is 5.91 Å². The fourth-order valence-electron chi connectivity index (χ4n) is 4.03. The Balaban J connectivity index is 1.38. The summed E-state index contributed by atoms with van der Waals surface area (Å²) in [4.78, 5) is 41.1. The summed E-state index contributed by atoms with van der Waals surface area (Å²) in [7, 11) is 0. The van der Waals surface area contributed by atoms with E-state index in [4.69, 9.17) is 21.1 Å². The molecule has 3 aromatic heterocycles. The number of nitrogens with one attached hydrogen (secondary N) is 3. The molecule has 0 bridgehead atoms. The van der Waals surface area contributed by atoms with Crippen LogP contribution in [-0.2, 0) is 16.8 Å². The van der Waals surface area contributed by atoms with Crippen molar-refractivity contribution in [3.63, 3.8) is 0 Å². The largest absolute Gasteiger partial charge is 0.344 e. The average Bonchev–Trinajstić information content (AvgIpc) is 3.60. The number of hydrogen-bond donors (Lipinski definition) is 3. The Labute approximate surface area is 239 Å². The lowest BCUT2D eigenvalue weighted by Crippen LogP contribution is -2.24. The highest BCUT2D eigenvalue weighted by Crippen LogP contribution is 2.32. The first kappa shape index (κ1) is 27.9. The number of imidazole rings is 1. The third-order valence-corrected chi connectivity index (χ3v) is 6.48. The zero-order chi connectivity index (χ0) is 29.3. The summed E-state index contributed by atoms with van der Waals surface area (Å²) in [5.41, 5.74) is 3.35. The van der Waals surface area contributed by atoms with Gasteiger partial charge < -0.3 is 20.1 Å². The third kappa shape index (κ3) is 5.94. The fourth-order valence-corrected chi connectivity index (χ4v) is 4.09. The first-order valence-corrected chi connectivity index (χ1v) is 13.2. The van der Waals surface area contributed by atoms with Crippen LogP contribution in [0.5, 0.6) is 0 Å². The van der Waals surface area contributed by atoms with Gasteiger partial charge in [-0.2, -0.15) is 4.98 Å². The molecule has 10 nitrogen and oxygen atoms in total. The standard InChI is InChI=1S/C29H27ClFN7O3/c1-15(30)25(39)34-21-8-6-5-7-19(21)23-35-22-18(11-12-32-24(22)36-23)16-9-10-17(20(31)13-16)14-33-26(40)27-37-28(38-41-27)29(2,3)4/h5-13,15H,14H2,1-4H3,(H,33,40)(H,34,39)(H,32,35,36)/t15-/m1/s1. The van der Waals surface area contributed by atoms with Crippen LogP contribution in [0.25, 0.3) is 33.7 Å². The number of para-hydroxylation sites is 1. The Bertz CT molecular complexity index is 1760. The average molecular weight is 576 g/mol. The predicted octanol–water partition coefficient (Wildman–Crippen LogP) is 5.61. The molecule has 5 rings (SSSR count). The van der Waals surface area contributed by atoms with Crippen molar-refractivity contribution in [2.24, 2.45) is 0 Å². The van der Waals surface area contributed by atoms with E-state index in [1.807, 2.05) is 32.9 Å². The Hall–Kier alpha value is -4.64. The van der Waals surface area contributed by atoms with Crippen LogP contribution in [0.1, 0.15) is 49.8 Å². The van der Waals surface area contributed by atoms with E-state index < -0.39 is 17.1 Å². The lowest BCUT2D eigenvalue weighted by atomic mass is 9.96. The van der Waals surface area contributed by atoms with Crippen LogP contribution in [0.2, 0.25) is 0 Å². The van der Waals surface area contributed by atoms with Gasteiger partial charge in [0.05, 0.1) is 5.69 Å². The number of aromatic amines is 1. The molecule has 41 heavy (non-hydrogen) atoms. The van der Waals surface area contributed by atoms with E-state index >= 15 is 4.39 Å². The van der Waals surface area contributed by atoms with Crippen LogP contribution in [-0.4, -0.2) is 42.3 Å². The highest BCUT2D eigenvalue weighted by Gasteiger charge is 2.24. The molecule has 12 heteroatoms. The molecule has 0 aliphatic heterocycles. The summed E-state index contributed by atoms with van der Waals surface area (Å²) in [6.07, 6.45) is 1.60. The molecule has 0 fully saturated rings. The van der Waals surface area contributed by atoms with Gasteiger partial charge in [0, 0.05) is 34.8 Å². The molecule has 3 N–H and O–H groups in total. The Kier molecular flexibility index (Phi) is 7.55. The molecule has 5 aromatic rings. The van der Waals surface area contributed by atoms with Gasteiger partial charge in [-0.05, 0) is 36.8 Å². The fraction of sp³-hybridized carbons (Fsp3) is 0.241. The van der Waals surface area contributed by atoms with Gasteiger partial charge in [0.1, 0.15) is 22.5 Å². The maximum atomic E-state index is 15.2. The Morgan fingerprint density at radius 1 is 1.10 bits per heavy atom. The SMILES string of the molecule is C[C@@H](Cl)C(=O)Nc1ccccc1-c1nc2c(-c3ccc(CNC(=O)c4nc(C(C)(C)C)no4)c(F)c3)ccnc2[nH]1. The zero-order valence-electron chi connectivity index (χ0n) is 22.8. The van der Waals surface area contributed by atoms with Gasteiger partial charge in [-0.15, -0.1) is 11.6 Å². The van der Waals surface area contributed by atoms with Crippen molar-refractivity contribution < 1.29 is 18.5 Å². The number of carbonyl (C=O) groups excluding carboxylic acids is 2. The lowest BCUT2D eigenvalue weighted by Gasteiger charge is -2.10. The van der Waals surface area contributed by atoms with Crippen molar-refractivity contribution in [3.05, 3.63) is 77.8 Å². The normalized spacial score (nSPS) is 12.3. The number of pyridine rings is 1. The number of anilines is 1. The van der Waals surface area contributed by atoms with Gasteiger partial charge in [0.25, 0.3) is 0 Å². The lowest BCUT2D eigenvalue weighted by molar-refractivity contribution is -0.115. The maximum absolute atomic E-state index is 15.2. The van der Waals surface area contributed by atoms with Crippen molar-refractivity contribution in [2.45, 2.75) is 45.0 Å². The van der Waals surface area contributed by atoms with E-state index in [1.54, 1.807) is 43.5 Å². The summed E-state index contributed by atoms with van der Waals surface area (Å²) in [5, 5.41) is 8.55. The number of fused-ring (bicyclic) bond motifs is 1. The van der Waals surface area contributed by atoms with E-state index in [0.29, 0.717) is 45.2 Å². The van der Waals surface area contributed by atoms with Crippen LogP contribution < -0.4 is 10.6 Å². The molecular weight excluding hydrogens is 549 g/mol. The van der Waals surface area contributed by atoms with Crippen molar-refractivity contribution >= 4 is 40.3 Å². The molecule has 0 saturated heterocycles. The smallest absolute Gasteiger partial charge is 0.315 e. The molecule has 0 unspecified atom stereocenters. The molecule has 210 valence electrons. The van der Waals surface area contributed by atoms with Crippen LogP contribution in [0.3, 0.4) is 0 Å². The molecule has 0 spiro atoms. The Morgan fingerprint density at radius 2 is 1.88 bits per heavy atom. The molecule has 0 saturated carbocycles. The second-order valence-electron chi connectivity index (χ2n) is 10.5. The summed E-state index contributed by atoms with van der Waals surface area (Å²) in [6, 6.07) is 13.6. The van der Waals surface area contributed by atoms with Crippen LogP contribution in [0.15, 0.2) is 59.3 Å². The number of benzene rings is 2. The van der Waals surface area contributed by atoms with Gasteiger partial charge in [-0.1, -0.05) is 50.2 Å². The van der Waals surface area contributed by atoms with E-state index in [-0.39, 0.29) is 29.3 Å². The quantitative estimate of drug-likeness (QED) is 0.214. The number of hydrogen-bond acceptors (Lipinski definition) is 7. The van der Waals surface area contributed by atoms with Crippen molar-refractivity contribution in [1.82, 2.24) is 30.4 Å². The molecular formula is C29H27ClFN7O3. The molecule has 1 atom stereocenters. The highest BCUT2D eigenvalue weighted by atomic mass is 35.5. The van der Waals surface area contributed by atoms with Gasteiger partial charge >= 0.3 is 11.8 Å². The first-order valence-electron chi connectivity index (χ1n) is 12.8. The third-order valence-electron chi connectivity index (χ3n) is 6.28. The molecule has 0 aliphatic rings. The summed E-state index contributed by atoms with van der Waals surface area (Å²) < 4.78 is 20.2. The van der Waals surface area contributed by atoms with E-state index in [1.165, 1.54) is 6.07 Å². The number of amides is 2. The highest BCUT2D eigenvalue weighted by molar-refractivity contribution is 6.32. The summed E-state index contributed by atoms with van der Waals surface area (Å²) >= 11 is 5.93. The van der Waals surface area contributed by atoms with E-state index in [0.717, 1.165) is 0 Å². The van der Waals surface area contributed by atoms with Gasteiger partial charge in [-0.3, -0.25) is 9.59 Å². The number of carbonyl (C=O) groups is 2. The summed E-state index contributed by atoms with van der Waals surface area (Å²) in [5.74, 6) is -0.734. The number of nitrogens with zero attached hydrogens (tertiary/aromatic N) is 4. The number of rotatable bonds is 7. The van der Waals surface area contributed by atoms with E-state index in [2.05, 4.69) is 30.7 Å². The van der Waals surface area contributed by atoms with E-state index in [9.17, 15) is 9.59 Å². The molecule has 0 aliphatic carbocycles. The topological polar surface area (TPSA) is 139 Å². The Morgan fingerprint density at radius 3 is 2.59 bits per heavy atom. The van der Waals surface area contributed by atoms with Crippen LogP contribution in [0, 0.1) is 5.82 Å². The molecule has 2 aromatic carbocycles. The molecule has 0 radical (unpaired) electrons. The van der Waals surface area contributed by atoms with Crippen molar-refractivity contribution in [3.8, 4) is 22.5 Å².